The van der Waals surface area contributed by atoms with Crippen LogP contribution in [0.15, 0.2) is 95.9 Å². The number of sulfone groups is 1. The number of carbonyl (C=O) groups is 2. The fourth-order valence-electron chi connectivity index (χ4n) is 4.74. The van der Waals surface area contributed by atoms with Gasteiger partial charge in [-0.05, 0) is 58.1 Å². The van der Waals surface area contributed by atoms with Gasteiger partial charge in [-0.1, -0.05) is 60.7 Å². The first kappa shape index (κ1) is 26.2. The van der Waals surface area contributed by atoms with Gasteiger partial charge in [-0.2, -0.15) is 0 Å². The minimum Gasteiger partial charge on any atom is -0.350 e. The summed E-state index contributed by atoms with van der Waals surface area (Å²) in [6.07, 6.45) is 1.12. The second kappa shape index (κ2) is 10.4. The summed E-state index contributed by atoms with van der Waals surface area (Å²) in [4.78, 5) is 28.6. The Morgan fingerprint density at radius 3 is 2.23 bits per heavy atom. The molecule has 2 amide bonds. The lowest BCUT2D eigenvalue weighted by molar-refractivity contribution is -0.125. The van der Waals surface area contributed by atoms with E-state index < -0.39 is 33.4 Å². The number of amides is 2. The lowest BCUT2D eigenvalue weighted by Crippen LogP contribution is -2.38. The van der Waals surface area contributed by atoms with Gasteiger partial charge in [0.25, 0.3) is 5.91 Å². The molecule has 6 nitrogen and oxygen atoms in total. The number of hydrogen-bond donors (Lipinski definition) is 1. The van der Waals surface area contributed by atoms with Crippen molar-refractivity contribution in [1.82, 2.24) is 10.2 Å². The average Bonchev–Trinajstić information content (AvgIpc) is 3.20. The number of hydrogen-bond acceptors (Lipinski definition) is 4. The van der Waals surface area contributed by atoms with E-state index in [0.717, 1.165) is 18.4 Å². The molecule has 198 valence electrons. The van der Waals surface area contributed by atoms with E-state index in [0.29, 0.717) is 33.4 Å². The highest BCUT2D eigenvalue weighted by Crippen LogP contribution is 2.36. The average molecular weight is 547 g/mol. The fraction of sp³-hybridized carbons (Fsp3) is 0.133. The number of nitrogens with one attached hydrogen (secondary N) is 1. The van der Waals surface area contributed by atoms with Crippen molar-refractivity contribution in [2.75, 3.05) is 6.26 Å². The standard InChI is InChI=1S/C30H24F2N2O4S/c1-39(37,38)22-13-10-19(11-14-22)17-33-29(35)28-24-8-4-5-9-25(24)30(36)34(28)18-21-6-2-3-7-23(21)20-12-15-26(31)27(32)16-20/h2-16,28H,17-18H2,1H3,(H,33,35). The number of benzene rings is 4. The summed E-state index contributed by atoms with van der Waals surface area (Å²) in [6.45, 7) is 0.193. The van der Waals surface area contributed by atoms with Crippen LogP contribution in [-0.2, 0) is 27.7 Å². The molecule has 1 aliphatic rings. The smallest absolute Gasteiger partial charge is 0.255 e. The van der Waals surface area contributed by atoms with Gasteiger partial charge < -0.3 is 10.2 Å². The SMILES string of the molecule is CS(=O)(=O)c1ccc(CNC(=O)C2c3ccccc3C(=O)N2Cc2ccccc2-c2ccc(F)c(F)c2)cc1. The number of fused-ring (bicyclic) bond motifs is 1. The zero-order valence-electron chi connectivity index (χ0n) is 20.9. The number of rotatable bonds is 7. The highest BCUT2D eigenvalue weighted by Gasteiger charge is 2.41. The largest absolute Gasteiger partial charge is 0.350 e. The van der Waals surface area contributed by atoms with Gasteiger partial charge in [0.1, 0.15) is 6.04 Å². The Bertz CT molecular complexity index is 1690. The molecule has 0 radical (unpaired) electrons. The molecule has 5 rings (SSSR count). The third-order valence-corrected chi connectivity index (χ3v) is 7.84. The Morgan fingerprint density at radius 1 is 0.872 bits per heavy atom. The van der Waals surface area contributed by atoms with Crippen LogP contribution in [0.3, 0.4) is 0 Å². The maximum atomic E-state index is 14.0. The molecule has 9 heteroatoms. The van der Waals surface area contributed by atoms with Gasteiger partial charge in [-0.15, -0.1) is 0 Å². The van der Waals surface area contributed by atoms with Crippen LogP contribution in [0.2, 0.25) is 0 Å². The van der Waals surface area contributed by atoms with Crippen molar-refractivity contribution in [3.8, 4) is 11.1 Å². The summed E-state index contributed by atoms with van der Waals surface area (Å²) in [5.41, 5.74) is 3.41. The van der Waals surface area contributed by atoms with Gasteiger partial charge in [0.2, 0.25) is 5.91 Å². The molecule has 0 saturated carbocycles. The lowest BCUT2D eigenvalue weighted by Gasteiger charge is -2.26. The first-order valence-corrected chi connectivity index (χ1v) is 14.0. The monoisotopic (exact) mass is 546 g/mol. The van der Waals surface area contributed by atoms with Gasteiger partial charge in [-0.3, -0.25) is 9.59 Å². The number of nitrogens with zero attached hydrogens (tertiary/aromatic N) is 1. The maximum Gasteiger partial charge on any atom is 0.255 e. The third-order valence-electron chi connectivity index (χ3n) is 6.71. The van der Waals surface area contributed by atoms with Gasteiger partial charge in [0.15, 0.2) is 21.5 Å². The summed E-state index contributed by atoms with van der Waals surface area (Å²) in [5.74, 6) is -2.65. The van der Waals surface area contributed by atoms with E-state index in [1.54, 1.807) is 60.7 Å². The predicted octanol–water partition coefficient (Wildman–Crippen LogP) is 5.05. The number of carbonyl (C=O) groups excluding carboxylic acids is 2. The third kappa shape index (κ3) is 5.31. The van der Waals surface area contributed by atoms with Crippen molar-refractivity contribution in [3.63, 3.8) is 0 Å². The molecule has 1 atom stereocenters. The van der Waals surface area contributed by atoms with E-state index in [1.807, 2.05) is 0 Å². The molecule has 1 heterocycles. The molecule has 4 aromatic carbocycles. The van der Waals surface area contributed by atoms with Crippen LogP contribution in [0.25, 0.3) is 11.1 Å². The molecular weight excluding hydrogens is 522 g/mol. The highest BCUT2D eigenvalue weighted by molar-refractivity contribution is 7.90. The van der Waals surface area contributed by atoms with Crippen molar-refractivity contribution < 1.29 is 26.8 Å². The predicted molar refractivity (Wildman–Crippen MR) is 142 cm³/mol. The zero-order valence-corrected chi connectivity index (χ0v) is 21.7. The fourth-order valence-corrected chi connectivity index (χ4v) is 5.37. The van der Waals surface area contributed by atoms with Crippen molar-refractivity contribution in [2.24, 2.45) is 0 Å². The van der Waals surface area contributed by atoms with E-state index in [1.165, 1.54) is 23.1 Å². The first-order valence-electron chi connectivity index (χ1n) is 12.1. The molecule has 39 heavy (non-hydrogen) atoms. The van der Waals surface area contributed by atoms with E-state index in [4.69, 9.17) is 0 Å². The molecule has 0 bridgehead atoms. The topological polar surface area (TPSA) is 83.5 Å². The van der Waals surface area contributed by atoms with Crippen LogP contribution in [0, 0.1) is 11.6 Å². The molecule has 0 fully saturated rings. The van der Waals surface area contributed by atoms with Crippen molar-refractivity contribution in [1.29, 1.82) is 0 Å². The summed E-state index contributed by atoms with van der Waals surface area (Å²) >= 11 is 0. The van der Waals surface area contributed by atoms with E-state index in [9.17, 15) is 26.8 Å². The molecule has 1 unspecified atom stereocenters. The Balaban J connectivity index is 1.43. The second-order valence-corrected chi connectivity index (χ2v) is 11.4. The molecule has 1 N–H and O–H groups in total. The van der Waals surface area contributed by atoms with E-state index in [2.05, 4.69) is 5.32 Å². The molecule has 1 aliphatic heterocycles. The van der Waals surface area contributed by atoms with E-state index >= 15 is 0 Å². The first-order chi connectivity index (χ1) is 18.6. The molecule has 0 spiro atoms. The molecule has 0 aliphatic carbocycles. The minimum atomic E-state index is -3.34. The van der Waals surface area contributed by atoms with Gasteiger partial charge in [-0.25, -0.2) is 17.2 Å². The quantitative estimate of drug-likeness (QED) is 0.352. The summed E-state index contributed by atoms with van der Waals surface area (Å²) < 4.78 is 51.0. The highest BCUT2D eigenvalue weighted by atomic mass is 32.2. The second-order valence-electron chi connectivity index (χ2n) is 9.34. The zero-order chi connectivity index (χ0) is 27.7. The molecule has 4 aromatic rings. The van der Waals surface area contributed by atoms with E-state index in [-0.39, 0.29) is 23.9 Å². The molecular formula is C30H24F2N2O4S. The van der Waals surface area contributed by atoms with Crippen LogP contribution < -0.4 is 5.32 Å². The Morgan fingerprint density at radius 2 is 1.54 bits per heavy atom. The Labute approximate surface area is 224 Å². The minimum absolute atomic E-state index is 0.0594. The lowest BCUT2D eigenvalue weighted by atomic mass is 9.98. The van der Waals surface area contributed by atoms with Crippen molar-refractivity contribution in [3.05, 3.63) is 125 Å². The van der Waals surface area contributed by atoms with Crippen LogP contribution in [0.4, 0.5) is 8.78 Å². The van der Waals surface area contributed by atoms with Crippen LogP contribution in [0.1, 0.15) is 33.1 Å². The summed E-state index contributed by atoms with van der Waals surface area (Å²) in [6, 6.07) is 22.9. The van der Waals surface area contributed by atoms with Gasteiger partial charge >= 0.3 is 0 Å². The Hall–Kier alpha value is -4.37. The van der Waals surface area contributed by atoms with Crippen LogP contribution >= 0.6 is 0 Å². The summed E-state index contributed by atoms with van der Waals surface area (Å²) in [5, 5.41) is 2.86. The summed E-state index contributed by atoms with van der Waals surface area (Å²) in [7, 11) is -3.34. The van der Waals surface area contributed by atoms with Crippen LogP contribution in [-0.4, -0.2) is 31.4 Å². The normalized spacial score (nSPS) is 14.8. The van der Waals surface area contributed by atoms with Gasteiger partial charge in [0, 0.05) is 24.9 Å². The van der Waals surface area contributed by atoms with Crippen molar-refractivity contribution in [2.45, 2.75) is 24.0 Å². The Kier molecular flexibility index (Phi) is 7.01. The van der Waals surface area contributed by atoms with Crippen LogP contribution in [0.5, 0.6) is 0 Å². The molecule has 0 saturated heterocycles. The van der Waals surface area contributed by atoms with Crippen molar-refractivity contribution >= 4 is 21.7 Å². The maximum absolute atomic E-state index is 14.0. The molecule has 0 aromatic heterocycles. The number of halogens is 2. The van der Waals surface area contributed by atoms with Gasteiger partial charge in [0.05, 0.1) is 4.90 Å².